The number of aryl methyl sites for hydroxylation is 2. The van der Waals surface area contributed by atoms with Gasteiger partial charge in [-0.1, -0.05) is 17.2 Å². The summed E-state index contributed by atoms with van der Waals surface area (Å²) in [5.74, 6) is 1.08. The van der Waals surface area contributed by atoms with Crippen LogP contribution in [0.25, 0.3) is 0 Å². The van der Waals surface area contributed by atoms with E-state index in [1.807, 2.05) is 32.0 Å². The van der Waals surface area contributed by atoms with Gasteiger partial charge in [-0.3, -0.25) is 4.79 Å². The van der Waals surface area contributed by atoms with E-state index in [0.717, 1.165) is 11.1 Å². The average molecular weight is 312 g/mol. The first-order valence-electron chi connectivity index (χ1n) is 7.17. The van der Waals surface area contributed by atoms with Crippen LogP contribution in [0, 0.1) is 13.8 Å². The second-order valence-electron chi connectivity index (χ2n) is 5.18. The van der Waals surface area contributed by atoms with Crippen LogP contribution in [-0.4, -0.2) is 26.3 Å². The molecule has 0 spiro atoms. The quantitative estimate of drug-likeness (QED) is 0.682. The van der Waals surface area contributed by atoms with Crippen LogP contribution in [0.4, 0.5) is 0 Å². The van der Waals surface area contributed by atoms with E-state index in [4.69, 9.17) is 9.47 Å². The molecule has 23 heavy (non-hydrogen) atoms. The number of rotatable bonds is 5. The van der Waals surface area contributed by atoms with Crippen LogP contribution < -0.4 is 14.9 Å². The Labute approximate surface area is 135 Å². The van der Waals surface area contributed by atoms with Gasteiger partial charge in [0.2, 0.25) is 0 Å². The van der Waals surface area contributed by atoms with E-state index < -0.39 is 0 Å². The molecule has 2 aromatic rings. The van der Waals surface area contributed by atoms with Crippen LogP contribution >= 0.6 is 0 Å². The summed E-state index contributed by atoms with van der Waals surface area (Å²) in [7, 11) is 3.16. The molecule has 0 saturated heterocycles. The van der Waals surface area contributed by atoms with Crippen LogP contribution in [-0.2, 0) is 0 Å². The Morgan fingerprint density at radius 2 is 1.74 bits per heavy atom. The molecule has 2 aromatic carbocycles. The van der Waals surface area contributed by atoms with Crippen LogP contribution in [0.15, 0.2) is 41.5 Å². The molecule has 0 aliphatic rings. The van der Waals surface area contributed by atoms with Crippen molar-refractivity contribution in [1.29, 1.82) is 0 Å². The Bertz CT molecular complexity index is 719. The van der Waals surface area contributed by atoms with E-state index in [-0.39, 0.29) is 5.91 Å². The lowest BCUT2D eigenvalue weighted by molar-refractivity contribution is 0.0955. The number of carbonyl (C=O) groups excluding carboxylic acids is 1. The number of benzene rings is 2. The van der Waals surface area contributed by atoms with Crippen molar-refractivity contribution in [3.05, 3.63) is 58.7 Å². The maximum Gasteiger partial charge on any atom is 0.271 e. The van der Waals surface area contributed by atoms with Gasteiger partial charge in [0.05, 0.1) is 20.4 Å². The van der Waals surface area contributed by atoms with Crippen LogP contribution in [0.5, 0.6) is 11.5 Å². The summed E-state index contributed by atoms with van der Waals surface area (Å²) in [5.41, 5.74) is 5.89. The van der Waals surface area contributed by atoms with E-state index in [1.54, 1.807) is 32.4 Å². The second-order valence-corrected chi connectivity index (χ2v) is 5.18. The Hall–Kier alpha value is -2.82. The molecule has 0 heterocycles. The Morgan fingerprint density at radius 3 is 2.35 bits per heavy atom. The van der Waals surface area contributed by atoms with Crippen molar-refractivity contribution in [2.75, 3.05) is 14.2 Å². The monoisotopic (exact) mass is 312 g/mol. The molecule has 0 saturated carbocycles. The highest BCUT2D eigenvalue weighted by Gasteiger charge is 2.06. The lowest BCUT2D eigenvalue weighted by Gasteiger charge is -2.07. The zero-order valence-electron chi connectivity index (χ0n) is 13.7. The third kappa shape index (κ3) is 4.32. The van der Waals surface area contributed by atoms with E-state index >= 15 is 0 Å². The molecule has 1 N–H and O–H groups in total. The molecule has 0 radical (unpaired) electrons. The molecule has 5 heteroatoms. The highest BCUT2D eigenvalue weighted by molar-refractivity contribution is 5.95. The van der Waals surface area contributed by atoms with Gasteiger partial charge in [0.15, 0.2) is 0 Å². The number of nitrogens with zero attached hydrogens (tertiary/aromatic N) is 1. The molecule has 0 fully saturated rings. The number of methoxy groups -OCH3 is 2. The summed E-state index contributed by atoms with van der Waals surface area (Å²) in [6, 6.07) is 11.0. The predicted molar refractivity (Wildman–Crippen MR) is 90.5 cm³/mol. The summed E-state index contributed by atoms with van der Waals surface area (Å²) in [4.78, 5) is 12.1. The lowest BCUT2D eigenvalue weighted by atomic mass is 10.1. The van der Waals surface area contributed by atoms with Gasteiger partial charge in [0.25, 0.3) is 5.91 Å². The minimum absolute atomic E-state index is 0.255. The third-order valence-corrected chi connectivity index (χ3v) is 3.29. The number of carbonyl (C=O) groups is 1. The summed E-state index contributed by atoms with van der Waals surface area (Å²) in [6.45, 7) is 3.91. The first-order valence-corrected chi connectivity index (χ1v) is 7.17. The number of amides is 1. The third-order valence-electron chi connectivity index (χ3n) is 3.29. The molecule has 0 aliphatic heterocycles. The van der Waals surface area contributed by atoms with Crippen LogP contribution in [0.1, 0.15) is 27.0 Å². The van der Waals surface area contributed by atoms with Gasteiger partial charge in [-0.25, -0.2) is 5.43 Å². The maximum absolute atomic E-state index is 12.1. The van der Waals surface area contributed by atoms with Crippen molar-refractivity contribution in [1.82, 2.24) is 5.43 Å². The zero-order chi connectivity index (χ0) is 16.8. The first kappa shape index (κ1) is 16.5. The van der Waals surface area contributed by atoms with Crippen molar-refractivity contribution >= 4 is 12.1 Å². The fourth-order valence-electron chi connectivity index (χ4n) is 2.27. The fraction of sp³-hybridized carbons (Fsp3) is 0.222. The van der Waals surface area contributed by atoms with Gasteiger partial charge >= 0.3 is 0 Å². The van der Waals surface area contributed by atoms with E-state index in [0.29, 0.717) is 22.6 Å². The normalized spacial score (nSPS) is 10.6. The topological polar surface area (TPSA) is 59.9 Å². The van der Waals surface area contributed by atoms with Crippen molar-refractivity contribution in [2.45, 2.75) is 13.8 Å². The minimum atomic E-state index is -0.255. The largest absolute Gasteiger partial charge is 0.497 e. The highest BCUT2D eigenvalue weighted by Crippen LogP contribution is 2.22. The molecule has 2 rings (SSSR count). The molecule has 5 nitrogen and oxygen atoms in total. The molecule has 0 aromatic heterocycles. The Morgan fingerprint density at radius 1 is 1.04 bits per heavy atom. The van der Waals surface area contributed by atoms with E-state index in [9.17, 15) is 4.79 Å². The fourth-order valence-corrected chi connectivity index (χ4v) is 2.27. The standard InChI is InChI=1S/C18H20N2O3/c1-12-7-13(2)9-14(8-12)18(21)20-19-11-15-10-16(22-3)5-6-17(15)23-4/h5-11H,1-4H3,(H,20,21). The van der Waals surface area contributed by atoms with Crippen LogP contribution in [0.2, 0.25) is 0 Å². The summed E-state index contributed by atoms with van der Waals surface area (Å²) in [5, 5.41) is 4.00. The van der Waals surface area contributed by atoms with Crippen molar-refractivity contribution < 1.29 is 14.3 Å². The molecule has 1 amide bonds. The van der Waals surface area contributed by atoms with Gasteiger partial charge in [-0.2, -0.15) is 5.10 Å². The van der Waals surface area contributed by atoms with Gasteiger partial charge in [0.1, 0.15) is 11.5 Å². The highest BCUT2D eigenvalue weighted by atomic mass is 16.5. The van der Waals surface area contributed by atoms with Gasteiger partial charge in [-0.15, -0.1) is 0 Å². The predicted octanol–water partition coefficient (Wildman–Crippen LogP) is 3.08. The van der Waals surface area contributed by atoms with Crippen molar-refractivity contribution in [3.8, 4) is 11.5 Å². The lowest BCUT2D eigenvalue weighted by Crippen LogP contribution is -2.18. The summed E-state index contributed by atoms with van der Waals surface area (Å²) < 4.78 is 10.4. The number of hydrogen-bond acceptors (Lipinski definition) is 4. The molecule has 120 valence electrons. The smallest absolute Gasteiger partial charge is 0.271 e. The van der Waals surface area contributed by atoms with Gasteiger partial charge in [-0.05, 0) is 44.2 Å². The number of nitrogens with one attached hydrogen (secondary N) is 1. The van der Waals surface area contributed by atoms with Crippen LogP contribution in [0.3, 0.4) is 0 Å². The summed E-state index contributed by atoms with van der Waals surface area (Å²) >= 11 is 0. The number of ether oxygens (including phenoxy) is 2. The molecule has 0 bridgehead atoms. The Kier molecular flexibility index (Phi) is 5.36. The second kappa shape index (κ2) is 7.45. The summed E-state index contributed by atoms with van der Waals surface area (Å²) in [6.07, 6.45) is 1.53. The molecular formula is C18H20N2O3. The molecule has 0 unspecified atom stereocenters. The van der Waals surface area contributed by atoms with Crippen molar-refractivity contribution in [2.24, 2.45) is 5.10 Å². The number of hydrazone groups is 1. The average Bonchev–Trinajstić information content (AvgIpc) is 2.53. The number of hydrogen-bond donors (Lipinski definition) is 1. The minimum Gasteiger partial charge on any atom is -0.497 e. The molecule has 0 atom stereocenters. The zero-order valence-corrected chi connectivity index (χ0v) is 13.7. The maximum atomic E-state index is 12.1. The van der Waals surface area contributed by atoms with Gasteiger partial charge in [0, 0.05) is 11.1 Å². The first-order chi connectivity index (χ1) is 11.0. The Balaban J connectivity index is 2.13. The van der Waals surface area contributed by atoms with Crippen molar-refractivity contribution in [3.63, 3.8) is 0 Å². The molecule has 0 aliphatic carbocycles. The van der Waals surface area contributed by atoms with E-state index in [1.165, 1.54) is 6.21 Å². The SMILES string of the molecule is COc1ccc(OC)c(C=NNC(=O)c2cc(C)cc(C)c2)c1. The van der Waals surface area contributed by atoms with E-state index in [2.05, 4.69) is 10.5 Å². The molecular weight excluding hydrogens is 292 g/mol. The van der Waals surface area contributed by atoms with Gasteiger partial charge < -0.3 is 9.47 Å².